The molecule has 0 aliphatic carbocycles. The lowest BCUT2D eigenvalue weighted by Gasteiger charge is -2.12. The highest BCUT2D eigenvalue weighted by atomic mass is 16.4. The molecule has 0 saturated heterocycles. The van der Waals surface area contributed by atoms with Crippen molar-refractivity contribution in [3.05, 3.63) is 45.0 Å². The van der Waals surface area contributed by atoms with Crippen LogP contribution < -0.4 is 10.9 Å². The fourth-order valence-corrected chi connectivity index (χ4v) is 3.04. The Morgan fingerprint density at radius 2 is 1.85 bits per heavy atom. The summed E-state index contributed by atoms with van der Waals surface area (Å²) >= 11 is 0. The molecule has 2 N–H and O–H groups in total. The molecule has 0 spiro atoms. The van der Waals surface area contributed by atoms with Gasteiger partial charge in [0.2, 0.25) is 5.91 Å². The second kappa shape index (κ2) is 6.33. The first-order valence-electron chi connectivity index (χ1n) is 8.16. The van der Waals surface area contributed by atoms with Crippen LogP contribution in [0.3, 0.4) is 0 Å². The van der Waals surface area contributed by atoms with Crippen LogP contribution in [-0.4, -0.2) is 23.0 Å². The number of carbonyl (C=O) groups excluding carboxylic acids is 1. The molecule has 7 nitrogen and oxygen atoms in total. The first-order chi connectivity index (χ1) is 12.2. The SMILES string of the molecule is Cc1coc2c(C)c3oc(=O)c(CC(=O)N[C@H](C)C(=O)O)c(C)c3cc12. The summed E-state index contributed by atoms with van der Waals surface area (Å²) < 4.78 is 11.0. The maximum atomic E-state index is 12.4. The second-order valence-corrected chi connectivity index (χ2v) is 6.47. The summed E-state index contributed by atoms with van der Waals surface area (Å²) in [5, 5.41) is 12.9. The Labute approximate surface area is 148 Å². The molecule has 0 radical (unpaired) electrons. The van der Waals surface area contributed by atoms with Crippen LogP contribution in [0.25, 0.3) is 21.9 Å². The van der Waals surface area contributed by atoms with E-state index in [4.69, 9.17) is 13.9 Å². The summed E-state index contributed by atoms with van der Waals surface area (Å²) in [6.45, 7) is 6.85. The molecule has 0 aliphatic heterocycles. The third-order valence-corrected chi connectivity index (χ3v) is 4.62. The highest BCUT2D eigenvalue weighted by Gasteiger charge is 2.20. The lowest BCUT2D eigenvalue weighted by Crippen LogP contribution is -2.39. The van der Waals surface area contributed by atoms with Gasteiger partial charge >= 0.3 is 11.6 Å². The van der Waals surface area contributed by atoms with Gasteiger partial charge in [-0.3, -0.25) is 9.59 Å². The quantitative estimate of drug-likeness (QED) is 0.695. The van der Waals surface area contributed by atoms with E-state index in [1.807, 2.05) is 19.9 Å². The lowest BCUT2D eigenvalue weighted by molar-refractivity contribution is -0.141. The lowest BCUT2D eigenvalue weighted by atomic mass is 9.99. The molecule has 0 unspecified atom stereocenters. The smallest absolute Gasteiger partial charge is 0.340 e. The number of fused-ring (bicyclic) bond motifs is 2. The molecule has 1 atom stereocenters. The Bertz CT molecular complexity index is 1100. The van der Waals surface area contributed by atoms with E-state index in [-0.39, 0.29) is 12.0 Å². The number of amides is 1. The molecule has 0 bridgehead atoms. The standard InChI is InChI=1S/C19H19NO6/c1-8-7-25-16-10(3)17-13(5-12(8)16)9(2)14(19(24)26-17)6-15(21)20-11(4)18(22)23/h5,7,11H,6H2,1-4H3,(H,20,21)(H,22,23)/t11-/m1/s1. The normalized spacial score (nSPS) is 12.5. The molecule has 2 aromatic heterocycles. The molecule has 136 valence electrons. The van der Waals surface area contributed by atoms with Crippen LogP contribution in [0.1, 0.15) is 29.2 Å². The first kappa shape index (κ1) is 17.7. The van der Waals surface area contributed by atoms with Gasteiger partial charge in [0.15, 0.2) is 0 Å². The third kappa shape index (κ3) is 2.85. The van der Waals surface area contributed by atoms with E-state index in [0.29, 0.717) is 16.7 Å². The Morgan fingerprint density at radius 3 is 2.50 bits per heavy atom. The average molecular weight is 357 g/mol. The van der Waals surface area contributed by atoms with Gasteiger partial charge in [-0.25, -0.2) is 4.79 Å². The molecule has 0 saturated carbocycles. The van der Waals surface area contributed by atoms with Gasteiger partial charge in [-0.1, -0.05) is 0 Å². The van der Waals surface area contributed by atoms with E-state index in [1.54, 1.807) is 13.2 Å². The predicted octanol–water partition coefficient (Wildman–Crippen LogP) is 2.60. The van der Waals surface area contributed by atoms with Crippen molar-refractivity contribution in [1.29, 1.82) is 0 Å². The maximum absolute atomic E-state index is 12.4. The maximum Gasteiger partial charge on any atom is 0.340 e. The van der Waals surface area contributed by atoms with Crippen LogP contribution in [0.4, 0.5) is 0 Å². The number of carbonyl (C=O) groups is 2. The molecule has 1 aromatic carbocycles. The number of nitrogens with one attached hydrogen (secondary N) is 1. The number of carboxylic acids is 1. The monoisotopic (exact) mass is 357 g/mol. The van der Waals surface area contributed by atoms with Gasteiger partial charge in [0.1, 0.15) is 17.2 Å². The van der Waals surface area contributed by atoms with Crippen molar-refractivity contribution < 1.29 is 23.5 Å². The van der Waals surface area contributed by atoms with Crippen molar-refractivity contribution >= 4 is 33.8 Å². The Kier molecular flexibility index (Phi) is 4.31. The number of rotatable bonds is 4. The van der Waals surface area contributed by atoms with Crippen LogP contribution in [0.5, 0.6) is 0 Å². The van der Waals surface area contributed by atoms with E-state index in [1.165, 1.54) is 6.92 Å². The predicted molar refractivity (Wildman–Crippen MR) is 95.4 cm³/mol. The molecule has 0 aliphatic rings. The van der Waals surface area contributed by atoms with Crippen LogP contribution >= 0.6 is 0 Å². The third-order valence-electron chi connectivity index (χ3n) is 4.62. The first-order valence-corrected chi connectivity index (χ1v) is 8.16. The number of carboxylic acid groups (broad SMARTS) is 1. The van der Waals surface area contributed by atoms with Gasteiger partial charge in [-0.2, -0.15) is 0 Å². The van der Waals surface area contributed by atoms with Crippen molar-refractivity contribution in [2.75, 3.05) is 0 Å². The Hall–Kier alpha value is -3.09. The number of aryl methyl sites for hydroxylation is 3. The molecule has 7 heteroatoms. The number of hydrogen-bond acceptors (Lipinski definition) is 5. The number of hydrogen-bond donors (Lipinski definition) is 2. The minimum atomic E-state index is -1.14. The fourth-order valence-electron chi connectivity index (χ4n) is 3.04. The Morgan fingerprint density at radius 1 is 1.15 bits per heavy atom. The number of benzene rings is 1. The van der Waals surface area contributed by atoms with E-state index in [9.17, 15) is 14.4 Å². The molecule has 0 fully saturated rings. The van der Waals surface area contributed by atoms with E-state index < -0.39 is 23.5 Å². The summed E-state index contributed by atoms with van der Waals surface area (Å²) in [6.07, 6.45) is 1.40. The van der Waals surface area contributed by atoms with Crippen LogP contribution in [0.15, 0.2) is 26.0 Å². The highest BCUT2D eigenvalue weighted by Crippen LogP contribution is 2.32. The molecule has 2 heterocycles. The molecule has 3 rings (SSSR count). The summed E-state index contributed by atoms with van der Waals surface area (Å²) in [5.41, 5.74) is 3.02. The zero-order chi connectivity index (χ0) is 19.2. The van der Waals surface area contributed by atoms with Crippen LogP contribution in [0.2, 0.25) is 0 Å². The van der Waals surface area contributed by atoms with Gasteiger partial charge < -0.3 is 19.3 Å². The van der Waals surface area contributed by atoms with Crippen molar-refractivity contribution in [2.24, 2.45) is 0 Å². The van der Waals surface area contributed by atoms with Gasteiger partial charge in [0, 0.05) is 16.3 Å². The summed E-state index contributed by atoms with van der Waals surface area (Å²) in [6, 6.07) is 0.849. The Balaban J connectivity index is 2.11. The minimum absolute atomic E-state index is 0.215. The van der Waals surface area contributed by atoms with Crippen molar-refractivity contribution in [1.82, 2.24) is 5.32 Å². The minimum Gasteiger partial charge on any atom is -0.480 e. The summed E-state index contributed by atoms with van der Waals surface area (Å²) in [7, 11) is 0. The zero-order valence-electron chi connectivity index (χ0n) is 14.9. The highest BCUT2D eigenvalue weighted by molar-refractivity contribution is 6.00. The molecule has 26 heavy (non-hydrogen) atoms. The van der Waals surface area contributed by atoms with E-state index in [2.05, 4.69) is 5.32 Å². The van der Waals surface area contributed by atoms with E-state index >= 15 is 0 Å². The zero-order valence-corrected chi connectivity index (χ0v) is 14.9. The molecular weight excluding hydrogens is 338 g/mol. The van der Waals surface area contributed by atoms with Crippen molar-refractivity contribution in [3.8, 4) is 0 Å². The van der Waals surface area contributed by atoms with Crippen molar-refractivity contribution in [3.63, 3.8) is 0 Å². The van der Waals surface area contributed by atoms with Crippen molar-refractivity contribution in [2.45, 2.75) is 40.2 Å². The summed E-state index contributed by atoms with van der Waals surface area (Å²) in [5.74, 6) is -1.69. The van der Waals surface area contributed by atoms with Gasteiger partial charge in [-0.15, -0.1) is 0 Å². The fraction of sp³-hybridized carbons (Fsp3) is 0.316. The van der Waals surface area contributed by atoms with Crippen LogP contribution in [0, 0.1) is 20.8 Å². The summed E-state index contributed by atoms with van der Waals surface area (Å²) in [4.78, 5) is 35.4. The molecular formula is C19H19NO6. The molecule has 1 amide bonds. The average Bonchev–Trinajstić information content (AvgIpc) is 2.94. The van der Waals surface area contributed by atoms with Crippen LogP contribution in [-0.2, 0) is 16.0 Å². The van der Waals surface area contributed by atoms with Gasteiger partial charge in [0.05, 0.1) is 18.2 Å². The number of aliphatic carboxylic acids is 1. The topological polar surface area (TPSA) is 110 Å². The van der Waals surface area contributed by atoms with Gasteiger partial charge in [-0.05, 0) is 44.9 Å². The molecule has 3 aromatic rings. The van der Waals surface area contributed by atoms with Gasteiger partial charge in [0.25, 0.3) is 0 Å². The number of furan rings is 1. The second-order valence-electron chi connectivity index (χ2n) is 6.47. The largest absolute Gasteiger partial charge is 0.480 e. The van der Waals surface area contributed by atoms with E-state index in [0.717, 1.165) is 21.9 Å².